The molecule has 2 unspecified atom stereocenters. The fourth-order valence-electron chi connectivity index (χ4n) is 2.42. The van der Waals surface area contributed by atoms with Gasteiger partial charge >= 0.3 is 0 Å². The maximum absolute atomic E-state index is 13.2. The Hall–Kier alpha value is -1.27. The first-order chi connectivity index (χ1) is 9.63. The van der Waals surface area contributed by atoms with Gasteiger partial charge in [0.15, 0.2) is 0 Å². The minimum Gasteiger partial charge on any atom is -0.337 e. The normalized spacial score (nSPS) is 22.9. The van der Waals surface area contributed by atoms with Crippen LogP contribution in [0.4, 0.5) is 4.39 Å². The van der Waals surface area contributed by atoms with Crippen molar-refractivity contribution in [3.05, 3.63) is 34.4 Å². The van der Waals surface area contributed by atoms with Crippen LogP contribution in [0.3, 0.4) is 0 Å². The molecule has 0 bridgehead atoms. The zero-order chi connectivity index (χ0) is 14.1. The van der Waals surface area contributed by atoms with Crippen LogP contribution in [0, 0.1) is 11.7 Å². The Bertz CT molecular complexity index is 616. The van der Waals surface area contributed by atoms with E-state index in [0.717, 1.165) is 18.5 Å². The molecule has 6 heteroatoms. The summed E-state index contributed by atoms with van der Waals surface area (Å²) in [7, 11) is 0. The van der Waals surface area contributed by atoms with E-state index in [0.29, 0.717) is 22.1 Å². The number of halogens is 2. The summed E-state index contributed by atoms with van der Waals surface area (Å²) in [5.41, 5.74) is 0.733. The highest BCUT2D eigenvalue weighted by molar-refractivity contribution is 9.10. The van der Waals surface area contributed by atoms with Gasteiger partial charge in [0.05, 0.1) is 10.5 Å². The van der Waals surface area contributed by atoms with Crippen molar-refractivity contribution in [1.29, 1.82) is 0 Å². The average Bonchev–Trinajstić information content (AvgIpc) is 2.92. The molecule has 0 amide bonds. The Morgan fingerprint density at radius 3 is 3.05 bits per heavy atom. The highest BCUT2D eigenvalue weighted by Crippen LogP contribution is 2.28. The third kappa shape index (κ3) is 2.76. The first kappa shape index (κ1) is 13.7. The molecule has 1 fully saturated rings. The molecule has 106 valence electrons. The van der Waals surface area contributed by atoms with Gasteiger partial charge < -0.3 is 9.84 Å². The molecule has 1 aromatic carbocycles. The van der Waals surface area contributed by atoms with Crippen molar-refractivity contribution in [3.63, 3.8) is 0 Å². The van der Waals surface area contributed by atoms with E-state index in [9.17, 15) is 4.39 Å². The fraction of sp³-hybridized carbons (Fsp3) is 0.429. The molecule has 4 nitrogen and oxygen atoms in total. The molecule has 1 aromatic heterocycles. The second kappa shape index (κ2) is 5.61. The molecule has 2 atom stereocenters. The number of piperidine rings is 1. The second-order valence-electron chi connectivity index (χ2n) is 5.22. The van der Waals surface area contributed by atoms with E-state index >= 15 is 0 Å². The number of nitrogens with zero attached hydrogens (tertiary/aromatic N) is 2. The summed E-state index contributed by atoms with van der Waals surface area (Å²) in [6, 6.07) is 4.80. The van der Waals surface area contributed by atoms with E-state index < -0.39 is 0 Å². The van der Waals surface area contributed by atoms with Gasteiger partial charge in [0.25, 0.3) is 0 Å². The van der Waals surface area contributed by atoms with Gasteiger partial charge in [-0.3, -0.25) is 0 Å². The van der Waals surface area contributed by atoms with Gasteiger partial charge in [-0.1, -0.05) is 12.1 Å². The molecule has 1 N–H and O–H groups in total. The van der Waals surface area contributed by atoms with Crippen LogP contribution in [0.25, 0.3) is 11.4 Å². The van der Waals surface area contributed by atoms with Crippen LogP contribution in [0.15, 0.2) is 27.2 Å². The minimum absolute atomic E-state index is 0.115. The lowest BCUT2D eigenvalue weighted by atomic mass is 9.94. The molecule has 3 rings (SSSR count). The zero-order valence-corrected chi connectivity index (χ0v) is 12.7. The van der Waals surface area contributed by atoms with Crippen molar-refractivity contribution in [3.8, 4) is 11.4 Å². The third-order valence-corrected chi connectivity index (χ3v) is 4.19. The number of hydrogen-bond acceptors (Lipinski definition) is 4. The molecule has 2 heterocycles. The van der Waals surface area contributed by atoms with Gasteiger partial charge in [0, 0.05) is 5.56 Å². The van der Waals surface area contributed by atoms with Crippen LogP contribution in [0.5, 0.6) is 0 Å². The average molecular weight is 340 g/mol. The Morgan fingerprint density at radius 2 is 2.30 bits per heavy atom. The molecule has 0 radical (unpaired) electrons. The van der Waals surface area contributed by atoms with Crippen LogP contribution < -0.4 is 5.32 Å². The fourth-order valence-corrected chi connectivity index (χ4v) is 2.80. The Kier molecular flexibility index (Phi) is 3.85. The Labute approximate surface area is 124 Å². The number of rotatable bonds is 2. The Balaban J connectivity index is 1.84. The van der Waals surface area contributed by atoms with Gasteiger partial charge in [-0.05, 0) is 59.4 Å². The summed E-state index contributed by atoms with van der Waals surface area (Å²) in [5, 5.41) is 7.37. The third-order valence-electron chi connectivity index (χ3n) is 3.58. The largest absolute Gasteiger partial charge is 0.337 e. The highest BCUT2D eigenvalue weighted by atomic mass is 79.9. The van der Waals surface area contributed by atoms with Gasteiger partial charge in [-0.15, -0.1) is 0 Å². The van der Waals surface area contributed by atoms with Crippen LogP contribution in [-0.4, -0.2) is 16.7 Å². The predicted molar refractivity (Wildman–Crippen MR) is 76.5 cm³/mol. The number of aromatic nitrogens is 2. The van der Waals surface area contributed by atoms with Crippen molar-refractivity contribution >= 4 is 15.9 Å². The van der Waals surface area contributed by atoms with Crippen LogP contribution in [-0.2, 0) is 0 Å². The number of nitrogens with one attached hydrogen (secondary N) is 1. The van der Waals surface area contributed by atoms with Gasteiger partial charge in [0.1, 0.15) is 5.82 Å². The van der Waals surface area contributed by atoms with E-state index in [1.165, 1.54) is 12.5 Å². The van der Waals surface area contributed by atoms with Crippen molar-refractivity contribution in [2.75, 3.05) is 6.54 Å². The lowest BCUT2D eigenvalue weighted by Crippen LogP contribution is -2.30. The summed E-state index contributed by atoms with van der Waals surface area (Å²) in [4.78, 5) is 4.43. The van der Waals surface area contributed by atoms with E-state index in [1.54, 1.807) is 12.1 Å². The first-order valence-corrected chi connectivity index (χ1v) is 7.45. The topological polar surface area (TPSA) is 51.0 Å². The van der Waals surface area contributed by atoms with Gasteiger partial charge in [-0.25, -0.2) is 4.39 Å². The SMILES string of the molecule is CC1CCNC(c2nc(-c3ccc(F)c(Br)c3)no2)C1. The second-order valence-corrected chi connectivity index (χ2v) is 6.08. The molecule has 1 saturated heterocycles. The van der Waals surface area contributed by atoms with Gasteiger partial charge in [-0.2, -0.15) is 4.98 Å². The van der Waals surface area contributed by atoms with Crippen molar-refractivity contribution in [2.24, 2.45) is 5.92 Å². The minimum atomic E-state index is -0.305. The molecular weight excluding hydrogens is 325 g/mol. The molecule has 20 heavy (non-hydrogen) atoms. The summed E-state index contributed by atoms with van der Waals surface area (Å²) in [6.07, 6.45) is 2.16. The Morgan fingerprint density at radius 1 is 1.45 bits per heavy atom. The summed E-state index contributed by atoms with van der Waals surface area (Å²) in [5.74, 6) is 1.43. The molecule has 0 saturated carbocycles. The lowest BCUT2D eigenvalue weighted by Gasteiger charge is -2.25. The zero-order valence-electron chi connectivity index (χ0n) is 11.1. The van der Waals surface area contributed by atoms with Gasteiger partial charge in [0.2, 0.25) is 11.7 Å². The molecule has 0 aliphatic carbocycles. The van der Waals surface area contributed by atoms with Crippen molar-refractivity contribution in [2.45, 2.75) is 25.8 Å². The smallest absolute Gasteiger partial charge is 0.244 e. The quantitative estimate of drug-likeness (QED) is 0.906. The molecule has 1 aliphatic rings. The number of hydrogen-bond donors (Lipinski definition) is 1. The molecule has 0 spiro atoms. The van der Waals surface area contributed by atoms with Crippen LogP contribution in [0.2, 0.25) is 0 Å². The first-order valence-electron chi connectivity index (χ1n) is 6.66. The van der Waals surface area contributed by atoms with Crippen LogP contribution >= 0.6 is 15.9 Å². The summed E-state index contributed by atoms with van der Waals surface area (Å²) >= 11 is 3.16. The lowest BCUT2D eigenvalue weighted by molar-refractivity contribution is 0.260. The van der Waals surface area contributed by atoms with Crippen molar-refractivity contribution in [1.82, 2.24) is 15.5 Å². The highest BCUT2D eigenvalue weighted by Gasteiger charge is 2.25. The summed E-state index contributed by atoms with van der Waals surface area (Å²) < 4.78 is 19.0. The summed E-state index contributed by atoms with van der Waals surface area (Å²) in [6.45, 7) is 3.19. The van der Waals surface area contributed by atoms with E-state index in [-0.39, 0.29) is 11.9 Å². The van der Waals surface area contributed by atoms with E-state index in [4.69, 9.17) is 4.52 Å². The molecular formula is C14H15BrFN3O. The molecule has 1 aliphatic heterocycles. The predicted octanol–water partition coefficient (Wildman–Crippen LogP) is 3.70. The standard InChI is InChI=1S/C14H15BrFN3O/c1-8-4-5-17-12(6-8)14-18-13(19-20-14)9-2-3-11(16)10(15)7-9/h2-3,7-8,12,17H,4-6H2,1H3. The van der Waals surface area contributed by atoms with Crippen molar-refractivity contribution < 1.29 is 8.91 Å². The van der Waals surface area contributed by atoms with E-state index in [1.807, 2.05) is 0 Å². The maximum Gasteiger partial charge on any atom is 0.244 e. The van der Waals surface area contributed by atoms with Crippen LogP contribution in [0.1, 0.15) is 31.7 Å². The monoisotopic (exact) mass is 339 g/mol. The molecule has 2 aromatic rings. The van der Waals surface area contributed by atoms with E-state index in [2.05, 4.69) is 38.3 Å². The maximum atomic E-state index is 13.2. The number of benzene rings is 1.